The van der Waals surface area contributed by atoms with Crippen molar-refractivity contribution >= 4 is 34.6 Å². The van der Waals surface area contributed by atoms with E-state index in [1.807, 2.05) is 66.7 Å². The average Bonchev–Trinajstić information content (AvgIpc) is 2.90. The quantitative estimate of drug-likeness (QED) is 0.314. The molecular weight excluding hydrogens is 439 g/mol. The minimum Gasteiger partial charge on any atom is -0.507 e. The highest BCUT2D eigenvalue weighted by Crippen LogP contribution is 2.45. The number of benzene rings is 5. The molecule has 0 aliphatic carbocycles. The molecule has 5 rings (SSSR count). The Morgan fingerprint density at radius 1 is 0.559 bits per heavy atom. The van der Waals surface area contributed by atoms with Crippen molar-refractivity contribution in [1.82, 2.24) is 0 Å². The van der Waals surface area contributed by atoms with E-state index in [-0.39, 0.29) is 5.75 Å². The molecule has 0 saturated heterocycles. The summed E-state index contributed by atoms with van der Waals surface area (Å²) in [7, 11) is 2.32. The van der Waals surface area contributed by atoms with Crippen LogP contribution in [-0.2, 0) is 0 Å². The van der Waals surface area contributed by atoms with Gasteiger partial charge in [-0.25, -0.2) is 0 Å². The number of methoxy groups -OCH3 is 2. The van der Waals surface area contributed by atoms with E-state index in [1.165, 1.54) is 0 Å². The average molecular weight is 465 g/mol. The fraction of sp³-hybridized carbons (Fsp3) is 0.0667. The molecule has 0 heterocycles. The van der Waals surface area contributed by atoms with Crippen molar-refractivity contribution < 1.29 is 14.6 Å². The van der Waals surface area contributed by atoms with E-state index in [9.17, 15) is 5.11 Å². The van der Waals surface area contributed by atoms with Gasteiger partial charge in [0.15, 0.2) is 0 Å². The molecule has 1 N–H and O–H groups in total. The first-order valence-electron chi connectivity index (χ1n) is 11.1. The maximum absolute atomic E-state index is 10.9. The third-order valence-corrected chi connectivity index (χ3v) is 8.53. The Kier molecular flexibility index (Phi) is 6.20. The molecule has 0 aromatic heterocycles. The number of aromatic hydroxyl groups is 1. The number of ether oxygens (including phenoxy) is 2. The van der Waals surface area contributed by atoms with E-state index in [2.05, 4.69) is 36.4 Å². The zero-order valence-electron chi connectivity index (χ0n) is 19.1. The molecule has 0 aliphatic heterocycles. The molecular formula is C30H25O3P. The van der Waals surface area contributed by atoms with Crippen LogP contribution in [0.2, 0.25) is 0 Å². The molecule has 4 heteroatoms. The number of phenolic OH excluding ortho intramolecular Hbond substituents is 1. The number of para-hydroxylation sites is 3. The largest absolute Gasteiger partial charge is 0.507 e. The van der Waals surface area contributed by atoms with Gasteiger partial charge in [0.2, 0.25) is 0 Å². The van der Waals surface area contributed by atoms with E-state index in [4.69, 9.17) is 9.47 Å². The van der Waals surface area contributed by atoms with Crippen LogP contribution < -0.4 is 25.4 Å². The van der Waals surface area contributed by atoms with Crippen molar-refractivity contribution in [3.63, 3.8) is 0 Å². The van der Waals surface area contributed by atoms with Crippen molar-refractivity contribution in [1.29, 1.82) is 0 Å². The lowest BCUT2D eigenvalue weighted by Crippen LogP contribution is -2.24. The zero-order chi connectivity index (χ0) is 23.5. The lowest BCUT2D eigenvalue weighted by molar-refractivity contribution is 0.417. The van der Waals surface area contributed by atoms with Gasteiger partial charge in [-0.05, 0) is 42.2 Å². The predicted octanol–water partition coefficient (Wildman–Crippen LogP) is 5.99. The molecule has 0 fully saturated rings. The number of hydrogen-bond donors (Lipinski definition) is 1. The summed E-state index contributed by atoms with van der Waals surface area (Å²) in [6.07, 6.45) is 0. The predicted molar refractivity (Wildman–Crippen MR) is 143 cm³/mol. The third kappa shape index (κ3) is 3.89. The van der Waals surface area contributed by atoms with Gasteiger partial charge >= 0.3 is 0 Å². The third-order valence-electron chi connectivity index (χ3n) is 5.97. The van der Waals surface area contributed by atoms with Crippen LogP contribution in [0.4, 0.5) is 0 Å². The summed E-state index contributed by atoms with van der Waals surface area (Å²) in [5.41, 5.74) is 1.84. The highest BCUT2D eigenvalue weighted by atomic mass is 31.1. The normalized spacial score (nSPS) is 11.0. The monoisotopic (exact) mass is 464 g/mol. The van der Waals surface area contributed by atoms with Crippen LogP contribution in [0.15, 0.2) is 109 Å². The summed E-state index contributed by atoms with van der Waals surface area (Å²) in [5, 5.41) is 16.5. The second kappa shape index (κ2) is 9.59. The highest BCUT2D eigenvalue weighted by molar-refractivity contribution is 7.80. The molecule has 0 amide bonds. The van der Waals surface area contributed by atoms with Crippen LogP contribution in [0, 0.1) is 0 Å². The van der Waals surface area contributed by atoms with Crippen molar-refractivity contribution in [2.45, 2.75) is 0 Å². The van der Waals surface area contributed by atoms with Crippen LogP contribution >= 0.6 is 7.92 Å². The maximum atomic E-state index is 10.9. The summed E-state index contributed by atoms with van der Waals surface area (Å²) in [6.45, 7) is 0. The maximum Gasteiger partial charge on any atom is 0.127 e. The van der Waals surface area contributed by atoms with E-state index in [1.54, 1.807) is 20.3 Å². The Morgan fingerprint density at radius 3 is 1.76 bits per heavy atom. The Morgan fingerprint density at radius 2 is 1.12 bits per heavy atom. The van der Waals surface area contributed by atoms with E-state index >= 15 is 0 Å². The standard InChI is InChI=1S/C30H25O3P/c1-32-25-15-7-9-17-27(25)34(28-18-10-8-16-26(28)33-2)29-20-19-21-11-3-4-12-22(21)30(29)23-13-5-6-14-24(23)31/h3-20,31H,1-2H3. The number of fused-ring (bicyclic) bond motifs is 1. The molecule has 0 saturated carbocycles. The van der Waals surface area contributed by atoms with Crippen LogP contribution in [0.1, 0.15) is 0 Å². The first-order valence-corrected chi connectivity index (χ1v) is 12.4. The van der Waals surface area contributed by atoms with Crippen molar-refractivity contribution in [2.75, 3.05) is 14.2 Å². The SMILES string of the molecule is COc1ccccc1P(c1ccccc1OC)c1ccc2ccccc2c1-c1ccccc1O. The second-order valence-corrected chi connectivity index (χ2v) is 9.99. The molecule has 168 valence electrons. The molecule has 0 bridgehead atoms. The van der Waals surface area contributed by atoms with Gasteiger partial charge in [0, 0.05) is 21.7 Å². The Bertz CT molecular complexity index is 1410. The van der Waals surface area contributed by atoms with Gasteiger partial charge in [-0.15, -0.1) is 0 Å². The molecule has 0 unspecified atom stereocenters. The van der Waals surface area contributed by atoms with Gasteiger partial charge in [0.1, 0.15) is 17.2 Å². The minimum atomic E-state index is -1.09. The zero-order valence-corrected chi connectivity index (χ0v) is 20.0. The van der Waals surface area contributed by atoms with Gasteiger partial charge in [-0.2, -0.15) is 0 Å². The van der Waals surface area contributed by atoms with Gasteiger partial charge in [-0.1, -0.05) is 91.0 Å². The van der Waals surface area contributed by atoms with Crippen molar-refractivity contribution in [2.24, 2.45) is 0 Å². The van der Waals surface area contributed by atoms with Crippen LogP contribution in [0.3, 0.4) is 0 Å². The molecule has 34 heavy (non-hydrogen) atoms. The number of hydrogen-bond acceptors (Lipinski definition) is 3. The van der Waals surface area contributed by atoms with Crippen LogP contribution in [0.25, 0.3) is 21.9 Å². The summed E-state index contributed by atoms with van der Waals surface area (Å²) >= 11 is 0. The van der Waals surface area contributed by atoms with Crippen molar-refractivity contribution in [3.05, 3.63) is 109 Å². The second-order valence-electron chi connectivity index (χ2n) is 7.88. The van der Waals surface area contributed by atoms with E-state index in [0.717, 1.165) is 49.3 Å². The summed E-state index contributed by atoms with van der Waals surface area (Å²) in [5.74, 6) is 1.92. The first kappa shape index (κ1) is 22.0. The fourth-order valence-electron chi connectivity index (χ4n) is 4.43. The lowest BCUT2D eigenvalue weighted by Gasteiger charge is -2.26. The van der Waals surface area contributed by atoms with Crippen LogP contribution in [-0.4, -0.2) is 19.3 Å². The number of phenols is 1. The van der Waals surface area contributed by atoms with Gasteiger partial charge in [0.25, 0.3) is 0 Å². The highest BCUT2D eigenvalue weighted by Gasteiger charge is 2.27. The Balaban J connectivity index is 1.91. The van der Waals surface area contributed by atoms with Crippen LogP contribution in [0.5, 0.6) is 17.2 Å². The van der Waals surface area contributed by atoms with E-state index < -0.39 is 7.92 Å². The molecule has 3 nitrogen and oxygen atoms in total. The number of rotatable bonds is 6. The topological polar surface area (TPSA) is 38.7 Å². The smallest absolute Gasteiger partial charge is 0.127 e. The molecule has 0 spiro atoms. The summed E-state index contributed by atoms with van der Waals surface area (Å²) < 4.78 is 11.7. The Hall–Kier alpha value is -3.81. The van der Waals surface area contributed by atoms with Gasteiger partial charge in [0.05, 0.1) is 14.2 Å². The van der Waals surface area contributed by atoms with Gasteiger partial charge < -0.3 is 14.6 Å². The molecule has 0 aliphatic rings. The lowest BCUT2D eigenvalue weighted by atomic mass is 9.97. The van der Waals surface area contributed by atoms with Crippen molar-refractivity contribution in [3.8, 4) is 28.4 Å². The van der Waals surface area contributed by atoms with E-state index in [0.29, 0.717) is 0 Å². The summed E-state index contributed by atoms with van der Waals surface area (Å²) in [4.78, 5) is 0. The molecule has 0 radical (unpaired) electrons. The summed E-state index contributed by atoms with van der Waals surface area (Å²) in [6, 6.07) is 36.5. The van der Waals surface area contributed by atoms with Gasteiger partial charge in [-0.3, -0.25) is 0 Å². The Labute approximate surface area is 201 Å². The molecule has 5 aromatic rings. The minimum absolute atomic E-state index is 0.259. The fourth-order valence-corrected chi connectivity index (χ4v) is 7.14. The molecule has 5 aromatic carbocycles. The first-order chi connectivity index (χ1) is 16.7. The molecule has 0 atom stereocenters.